The average Bonchev–Trinajstić information content (AvgIpc) is 2.88. The minimum atomic E-state index is 0.337. The summed E-state index contributed by atoms with van der Waals surface area (Å²) in [4.78, 5) is 0. The van der Waals surface area contributed by atoms with E-state index in [4.69, 9.17) is 9.47 Å². The van der Waals surface area contributed by atoms with Crippen molar-refractivity contribution in [3.05, 3.63) is 21.7 Å². The van der Waals surface area contributed by atoms with Gasteiger partial charge in [-0.1, -0.05) is 13.8 Å². The topological polar surface area (TPSA) is 30.5 Å². The molecule has 1 aromatic rings. The molecule has 0 aliphatic carbocycles. The van der Waals surface area contributed by atoms with Crippen molar-refractivity contribution in [1.29, 1.82) is 0 Å². The number of piperidine rings is 1. The van der Waals surface area contributed by atoms with Gasteiger partial charge in [0.25, 0.3) is 0 Å². The van der Waals surface area contributed by atoms with Crippen LogP contribution in [0.4, 0.5) is 0 Å². The third-order valence-electron chi connectivity index (χ3n) is 4.02. The van der Waals surface area contributed by atoms with Gasteiger partial charge in [0.05, 0.1) is 4.47 Å². The first-order valence-electron chi connectivity index (χ1n) is 7.01. The molecule has 0 spiro atoms. The number of ether oxygens (including phenoxy) is 2. The SMILES string of the molecule is CC(C)c1c(C2CCNCC2)cc(Br)c2c1OCO2. The molecule has 3 rings (SSSR count). The summed E-state index contributed by atoms with van der Waals surface area (Å²) < 4.78 is 12.3. The van der Waals surface area contributed by atoms with E-state index >= 15 is 0 Å². The molecule has 2 aliphatic rings. The summed E-state index contributed by atoms with van der Waals surface area (Å²) in [5.41, 5.74) is 2.77. The first-order valence-corrected chi connectivity index (χ1v) is 7.80. The Labute approximate surface area is 122 Å². The number of nitrogens with one attached hydrogen (secondary N) is 1. The van der Waals surface area contributed by atoms with Gasteiger partial charge >= 0.3 is 0 Å². The zero-order chi connectivity index (χ0) is 13.4. The Morgan fingerprint density at radius 2 is 1.89 bits per heavy atom. The van der Waals surface area contributed by atoms with Crippen molar-refractivity contribution in [2.45, 2.75) is 38.5 Å². The molecule has 0 bridgehead atoms. The Kier molecular flexibility index (Phi) is 3.72. The van der Waals surface area contributed by atoms with Crippen molar-refractivity contribution in [1.82, 2.24) is 5.32 Å². The molecular weight excluding hydrogens is 306 g/mol. The summed E-state index contributed by atoms with van der Waals surface area (Å²) in [6.07, 6.45) is 2.40. The number of hydrogen-bond acceptors (Lipinski definition) is 3. The maximum Gasteiger partial charge on any atom is 0.231 e. The van der Waals surface area contributed by atoms with Crippen LogP contribution in [-0.2, 0) is 0 Å². The third kappa shape index (κ3) is 2.36. The molecule has 3 nitrogen and oxygen atoms in total. The standard InChI is InChI=1S/C15H20BrNO2/c1-9(2)13-11(10-3-5-17-6-4-10)7-12(16)14-15(13)19-8-18-14/h7,9-10,17H,3-6,8H2,1-2H3. The number of rotatable bonds is 2. The molecule has 0 atom stereocenters. The minimum absolute atomic E-state index is 0.337. The van der Waals surface area contributed by atoms with Crippen LogP contribution in [0.3, 0.4) is 0 Å². The quantitative estimate of drug-likeness (QED) is 0.897. The van der Waals surface area contributed by atoms with Crippen molar-refractivity contribution >= 4 is 15.9 Å². The van der Waals surface area contributed by atoms with Gasteiger partial charge in [0, 0.05) is 5.56 Å². The summed E-state index contributed by atoms with van der Waals surface area (Å²) in [6, 6.07) is 2.25. The van der Waals surface area contributed by atoms with Crippen LogP contribution in [0.2, 0.25) is 0 Å². The van der Waals surface area contributed by atoms with E-state index in [1.807, 2.05) is 0 Å². The average molecular weight is 326 g/mol. The van der Waals surface area contributed by atoms with E-state index in [2.05, 4.69) is 41.2 Å². The lowest BCUT2D eigenvalue weighted by Crippen LogP contribution is -2.27. The van der Waals surface area contributed by atoms with Gasteiger partial charge < -0.3 is 14.8 Å². The Bertz CT molecular complexity index is 482. The molecule has 1 N–H and O–H groups in total. The molecule has 4 heteroatoms. The summed E-state index contributed by atoms with van der Waals surface area (Å²) >= 11 is 3.63. The van der Waals surface area contributed by atoms with Crippen molar-refractivity contribution in [2.24, 2.45) is 0 Å². The van der Waals surface area contributed by atoms with Crippen LogP contribution in [0.1, 0.15) is 49.7 Å². The summed E-state index contributed by atoms with van der Waals surface area (Å²) in [7, 11) is 0. The maximum absolute atomic E-state index is 5.74. The lowest BCUT2D eigenvalue weighted by atomic mass is 9.83. The Morgan fingerprint density at radius 1 is 1.21 bits per heavy atom. The second-order valence-electron chi connectivity index (χ2n) is 5.61. The number of halogens is 1. The summed E-state index contributed by atoms with van der Waals surface area (Å²) in [6.45, 7) is 7.01. The Balaban J connectivity index is 2.09. The molecule has 2 heterocycles. The van der Waals surface area contributed by atoms with E-state index in [0.29, 0.717) is 18.6 Å². The molecule has 0 radical (unpaired) electrons. The molecule has 1 saturated heterocycles. The maximum atomic E-state index is 5.74. The molecule has 104 valence electrons. The molecule has 0 saturated carbocycles. The fourth-order valence-corrected chi connectivity index (χ4v) is 3.67. The normalized spacial score (nSPS) is 19.2. The molecule has 1 fully saturated rings. The van der Waals surface area contributed by atoms with E-state index in [-0.39, 0.29) is 0 Å². The fraction of sp³-hybridized carbons (Fsp3) is 0.600. The predicted octanol–water partition coefficient (Wildman–Crippen LogP) is 3.77. The van der Waals surface area contributed by atoms with Crippen LogP contribution in [0, 0.1) is 0 Å². The van der Waals surface area contributed by atoms with E-state index in [1.54, 1.807) is 0 Å². The second-order valence-corrected chi connectivity index (χ2v) is 6.46. The molecule has 1 aromatic carbocycles. The Morgan fingerprint density at radius 3 is 2.58 bits per heavy atom. The fourth-order valence-electron chi connectivity index (χ4n) is 3.13. The largest absolute Gasteiger partial charge is 0.453 e. The number of benzene rings is 1. The molecule has 0 amide bonds. The van der Waals surface area contributed by atoms with E-state index in [1.165, 1.54) is 24.0 Å². The zero-order valence-corrected chi connectivity index (χ0v) is 13.0. The highest BCUT2D eigenvalue weighted by atomic mass is 79.9. The van der Waals surface area contributed by atoms with Crippen molar-refractivity contribution < 1.29 is 9.47 Å². The molecule has 19 heavy (non-hydrogen) atoms. The third-order valence-corrected chi connectivity index (χ3v) is 4.61. The zero-order valence-electron chi connectivity index (χ0n) is 11.5. The van der Waals surface area contributed by atoms with Crippen LogP contribution in [0.15, 0.2) is 10.5 Å². The van der Waals surface area contributed by atoms with Gasteiger partial charge in [0.15, 0.2) is 11.5 Å². The summed E-state index contributed by atoms with van der Waals surface area (Å²) in [5.74, 6) is 2.91. The predicted molar refractivity (Wildman–Crippen MR) is 79.2 cm³/mol. The lowest BCUT2D eigenvalue weighted by Gasteiger charge is -2.27. The summed E-state index contributed by atoms with van der Waals surface area (Å²) in [5, 5.41) is 3.43. The van der Waals surface area contributed by atoms with Crippen molar-refractivity contribution in [2.75, 3.05) is 19.9 Å². The molecule has 0 aromatic heterocycles. The monoisotopic (exact) mass is 325 g/mol. The smallest absolute Gasteiger partial charge is 0.231 e. The van der Waals surface area contributed by atoms with Crippen LogP contribution >= 0.6 is 15.9 Å². The van der Waals surface area contributed by atoms with Crippen molar-refractivity contribution in [3.8, 4) is 11.5 Å². The van der Waals surface area contributed by atoms with Gasteiger partial charge in [-0.05, 0) is 65.3 Å². The second kappa shape index (κ2) is 5.33. The molecule has 0 unspecified atom stereocenters. The first kappa shape index (κ1) is 13.3. The highest BCUT2D eigenvalue weighted by Crippen LogP contribution is 2.48. The first-order chi connectivity index (χ1) is 9.18. The van der Waals surface area contributed by atoms with Gasteiger partial charge in [0.1, 0.15) is 0 Å². The van der Waals surface area contributed by atoms with E-state index in [0.717, 1.165) is 29.1 Å². The van der Waals surface area contributed by atoms with E-state index in [9.17, 15) is 0 Å². The highest BCUT2D eigenvalue weighted by Gasteiger charge is 2.29. The minimum Gasteiger partial charge on any atom is -0.453 e. The van der Waals surface area contributed by atoms with E-state index < -0.39 is 0 Å². The van der Waals surface area contributed by atoms with Crippen molar-refractivity contribution in [3.63, 3.8) is 0 Å². The van der Waals surface area contributed by atoms with Gasteiger partial charge in [-0.25, -0.2) is 0 Å². The molecule has 2 aliphatic heterocycles. The highest BCUT2D eigenvalue weighted by molar-refractivity contribution is 9.10. The van der Waals surface area contributed by atoms with Gasteiger partial charge in [0.2, 0.25) is 6.79 Å². The Hall–Kier alpha value is -0.740. The van der Waals surface area contributed by atoms with Crippen LogP contribution in [-0.4, -0.2) is 19.9 Å². The van der Waals surface area contributed by atoms with Crippen LogP contribution in [0.5, 0.6) is 11.5 Å². The number of hydrogen-bond donors (Lipinski definition) is 1. The number of fused-ring (bicyclic) bond motifs is 1. The van der Waals surface area contributed by atoms with Crippen LogP contribution < -0.4 is 14.8 Å². The van der Waals surface area contributed by atoms with Gasteiger partial charge in [-0.2, -0.15) is 0 Å². The molecular formula is C15H20BrNO2. The van der Waals surface area contributed by atoms with Crippen LogP contribution in [0.25, 0.3) is 0 Å². The van der Waals surface area contributed by atoms with Gasteiger partial charge in [-0.3, -0.25) is 0 Å². The van der Waals surface area contributed by atoms with Gasteiger partial charge in [-0.15, -0.1) is 0 Å². The lowest BCUT2D eigenvalue weighted by molar-refractivity contribution is 0.172.